The number of halogens is 4. The lowest BCUT2D eigenvalue weighted by Gasteiger charge is -2.18. The summed E-state index contributed by atoms with van der Waals surface area (Å²) in [5, 5.41) is 4.41. The molecule has 0 bridgehead atoms. The van der Waals surface area contributed by atoms with E-state index >= 15 is 0 Å². The second kappa shape index (κ2) is 7.98. The Labute approximate surface area is 168 Å². The molecule has 0 aliphatic carbocycles. The first-order valence-electron chi connectivity index (χ1n) is 7.79. The highest BCUT2D eigenvalue weighted by molar-refractivity contribution is 7.92. The fourth-order valence-electron chi connectivity index (χ4n) is 2.53. The van der Waals surface area contributed by atoms with Gasteiger partial charge >= 0.3 is 0 Å². The van der Waals surface area contributed by atoms with E-state index in [1.165, 1.54) is 29.1 Å². The van der Waals surface area contributed by atoms with E-state index in [1.807, 2.05) is 4.72 Å². The van der Waals surface area contributed by atoms with Gasteiger partial charge in [-0.3, -0.25) is 4.72 Å². The Morgan fingerprint density at radius 1 is 1.11 bits per heavy atom. The Kier molecular flexibility index (Phi) is 5.82. The van der Waals surface area contributed by atoms with Crippen LogP contribution in [0.5, 0.6) is 0 Å². The maximum Gasteiger partial charge on any atom is 0.268 e. The van der Waals surface area contributed by atoms with Gasteiger partial charge in [0.15, 0.2) is 10.7 Å². The number of sulfonamides is 1. The lowest BCUT2D eigenvalue weighted by molar-refractivity contribution is 0.521. The molecule has 0 unspecified atom stereocenters. The molecule has 0 saturated heterocycles. The lowest BCUT2D eigenvalue weighted by Crippen LogP contribution is -2.17. The number of nitrogens with zero attached hydrogens (tertiary/aromatic N) is 1. The Bertz CT molecular complexity index is 1090. The van der Waals surface area contributed by atoms with Gasteiger partial charge in [-0.1, -0.05) is 11.6 Å². The van der Waals surface area contributed by atoms with Crippen molar-refractivity contribution < 1.29 is 21.6 Å². The van der Waals surface area contributed by atoms with Crippen molar-refractivity contribution in [1.82, 2.24) is 4.98 Å². The molecule has 148 valence electrons. The quantitative estimate of drug-likeness (QED) is 0.545. The minimum atomic E-state index is -4.52. The van der Waals surface area contributed by atoms with Crippen molar-refractivity contribution in [2.45, 2.75) is 17.9 Å². The Balaban J connectivity index is 1.88. The molecule has 2 N–H and O–H groups in total. The Morgan fingerprint density at radius 2 is 1.79 bits per heavy atom. The summed E-state index contributed by atoms with van der Waals surface area (Å²) in [6, 6.07) is 4.89. The van der Waals surface area contributed by atoms with E-state index in [9.17, 15) is 21.6 Å². The third-order valence-electron chi connectivity index (χ3n) is 3.75. The van der Waals surface area contributed by atoms with Crippen LogP contribution < -0.4 is 10.0 Å². The second-order valence-electron chi connectivity index (χ2n) is 5.78. The average molecular weight is 448 g/mol. The van der Waals surface area contributed by atoms with Crippen molar-refractivity contribution in [2.75, 3.05) is 10.0 Å². The minimum Gasteiger partial charge on any atom is -0.378 e. The SMILES string of the molecule is C[C@H](Nc1cc(F)c(S(=O)(=O)Nc2cscn2)c(F)c1)c1cc(Cl)ccc1F. The van der Waals surface area contributed by atoms with Gasteiger partial charge < -0.3 is 5.32 Å². The third-order valence-corrected chi connectivity index (χ3v) is 5.97. The number of thiazole rings is 1. The van der Waals surface area contributed by atoms with Crippen LogP contribution in [0, 0.1) is 17.5 Å². The molecule has 0 saturated carbocycles. The summed E-state index contributed by atoms with van der Waals surface area (Å²) < 4.78 is 69.3. The average Bonchev–Trinajstić information content (AvgIpc) is 3.08. The van der Waals surface area contributed by atoms with Crippen molar-refractivity contribution in [2.24, 2.45) is 0 Å². The number of hydrogen-bond acceptors (Lipinski definition) is 5. The summed E-state index contributed by atoms with van der Waals surface area (Å²) in [4.78, 5) is 2.58. The first kappa shape index (κ1) is 20.4. The number of benzene rings is 2. The van der Waals surface area contributed by atoms with E-state index in [1.54, 1.807) is 6.92 Å². The van der Waals surface area contributed by atoms with Crippen molar-refractivity contribution in [3.63, 3.8) is 0 Å². The van der Waals surface area contributed by atoms with Crippen LogP contribution in [0.4, 0.5) is 24.7 Å². The standard InChI is InChI=1S/C17H13ClF3N3O2S2/c1-9(12-4-10(18)2-3-13(12)19)23-11-5-14(20)17(15(21)6-11)28(25,26)24-16-7-27-8-22-16/h2-9,23-24H,1H3/t9-/m0/s1. The molecule has 0 aliphatic rings. The van der Waals surface area contributed by atoms with Gasteiger partial charge in [0.25, 0.3) is 10.0 Å². The van der Waals surface area contributed by atoms with E-state index in [4.69, 9.17) is 11.6 Å². The molecule has 1 atom stereocenters. The highest BCUT2D eigenvalue weighted by Gasteiger charge is 2.26. The zero-order chi connectivity index (χ0) is 20.5. The smallest absolute Gasteiger partial charge is 0.268 e. The molecule has 5 nitrogen and oxygen atoms in total. The summed E-state index contributed by atoms with van der Waals surface area (Å²) in [6.45, 7) is 1.57. The molecular formula is C17H13ClF3N3O2S2. The number of hydrogen-bond donors (Lipinski definition) is 2. The molecule has 3 rings (SSSR count). The van der Waals surface area contributed by atoms with Gasteiger partial charge in [0.1, 0.15) is 17.5 Å². The molecular weight excluding hydrogens is 435 g/mol. The topological polar surface area (TPSA) is 71.1 Å². The molecule has 0 radical (unpaired) electrons. The highest BCUT2D eigenvalue weighted by Crippen LogP contribution is 2.29. The Morgan fingerprint density at radius 3 is 2.39 bits per heavy atom. The fraction of sp³-hybridized carbons (Fsp3) is 0.118. The predicted molar refractivity (Wildman–Crippen MR) is 103 cm³/mol. The zero-order valence-electron chi connectivity index (χ0n) is 14.2. The first-order chi connectivity index (χ1) is 13.2. The van der Waals surface area contributed by atoms with E-state index in [2.05, 4.69) is 10.3 Å². The van der Waals surface area contributed by atoms with Gasteiger partial charge in [-0.05, 0) is 37.3 Å². The molecule has 3 aromatic rings. The summed E-state index contributed by atoms with van der Waals surface area (Å²) in [7, 11) is -4.52. The summed E-state index contributed by atoms with van der Waals surface area (Å²) in [6.07, 6.45) is 0. The van der Waals surface area contributed by atoms with Gasteiger partial charge in [0.05, 0.1) is 11.6 Å². The van der Waals surface area contributed by atoms with Gasteiger partial charge in [0.2, 0.25) is 0 Å². The molecule has 1 aromatic heterocycles. The summed E-state index contributed by atoms with van der Waals surface area (Å²) in [5.74, 6) is -3.19. The maximum atomic E-state index is 14.4. The molecule has 11 heteroatoms. The maximum absolute atomic E-state index is 14.4. The molecule has 2 aromatic carbocycles. The number of anilines is 2. The van der Waals surface area contributed by atoms with Gasteiger partial charge in [-0.2, -0.15) is 0 Å². The first-order valence-corrected chi connectivity index (χ1v) is 10.6. The Hall–Kier alpha value is -2.30. The lowest BCUT2D eigenvalue weighted by atomic mass is 10.1. The largest absolute Gasteiger partial charge is 0.378 e. The van der Waals surface area contributed by atoms with Gasteiger partial charge in [-0.15, -0.1) is 11.3 Å². The van der Waals surface area contributed by atoms with Crippen LogP contribution in [0.3, 0.4) is 0 Å². The van der Waals surface area contributed by atoms with Crippen LogP contribution in [0.15, 0.2) is 46.1 Å². The number of rotatable bonds is 6. The van der Waals surface area contributed by atoms with Crippen LogP contribution in [0.25, 0.3) is 0 Å². The fourth-order valence-corrected chi connectivity index (χ4v) is 4.39. The van der Waals surface area contributed by atoms with Gasteiger partial charge in [-0.25, -0.2) is 26.6 Å². The van der Waals surface area contributed by atoms with E-state index < -0.39 is 38.4 Å². The van der Waals surface area contributed by atoms with Gasteiger partial charge in [0, 0.05) is 21.7 Å². The van der Waals surface area contributed by atoms with Crippen LogP contribution in [0.1, 0.15) is 18.5 Å². The van der Waals surface area contributed by atoms with Crippen molar-refractivity contribution in [3.8, 4) is 0 Å². The predicted octanol–water partition coefficient (Wildman–Crippen LogP) is 5.19. The van der Waals surface area contributed by atoms with E-state index in [0.717, 1.165) is 23.5 Å². The number of nitrogens with one attached hydrogen (secondary N) is 2. The van der Waals surface area contributed by atoms with Crippen LogP contribution in [-0.4, -0.2) is 13.4 Å². The van der Waals surface area contributed by atoms with Crippen molar-refractivity contribution in [3.05, 3.63) is 69.3 Å². The zero-order valence-corrected chi connectivity index (χ0v) is 16.6. The monoisotopic (exact) mass is 447 g/mol. The molecule has 0 amide bonds. The van der Waals surface area contributed by atoms with Crippen molar-refractivity contribution in [1.29, 1.82) is 0 Å². The second-order valence-corrected chi connectivity index (χ2v) is 8.55. The minimum absolute atomic E-state index is 0.0453. The van der Waals surface area contributed by atoms with Crippen molar-refractivity contribution >= 4 is 44.5 Å². The molecule has 28 heavy (non-hydrogen) atoms. The van der Waals surface area contributed by atoms with Crippen LogP contribution in [0.2, 0.25) is 5.02 Å². The molecule has 0 spiro atoms. The molecule has 0 aliphatic heterocycles. The number of aromatic nitrogens is 1. The highest BCUT2D eigenvalue weighted by atomic mass is 35.5. The summed E-state index contributed by atoms with van der Waals surface area (Å²) in [5.41, 5.74) is 1.50. The normalized spacial score (nSPS) is 12.6. The molecule has 0 fully saturated rings. The third kappa shape index (κ3) is 4.40. The van der Waals surface area contributed by atoms with E-state index in [-0.39, 0.29) is 17.1 Å². The van der Waals surface area contributed by atoms with Crippen LogP contribution in [-0.2, 0) is 10.0 Å². The van der Waals surface area contributed by atoms with Crippen LogP contribution >= 0.6 is 22.9 Å². The van der Waals surface area contributed by atoms with E-state index in [0.29, 0.717) is 5.02 Å². The molecule has 1 heterocycles. The summed E-state index contributed by atoms with van der Waals surface area (Å²) >= 11 is 6.97.